The van der Waals surface area contributed by atoms with Crippen LogP contribution in [0.15, 0.2) is 0 Å². The molecule has 0 radical (unpaired) electrons. The highest BCUT2D eigenvalue weighted by Gasteiger charge is 2.60. The van der Waals surface area contributed by atoms with E-state index < -0.39 is 24.0 Å². The van der Waals surface area contributed by atoms with E-state index in [1.54, 1.807) is 0 Å². The first-order valence-electron chi connectivity index (χ1n) is 6.29. The lowest BCUT2D eigenvalue weighted by molar-refractivity contribution is -0.347. The average Bonchev–Trinajstić information content (AvgIpc) is 2.69. The SMILES string of the molecule is CC1(C)O[C@H]2O[C@H]3[C@H](OC(C)(C)O[C@H]3CO)[C@H]2O1. The Morgan fingerprint density at radius 1 is 0.833 bits per heavy atom. The maximum atomic E-state index is 9.39. The fraction of sp³-hybridized carbons (Fsp3) is 1.00. The number of rotatable bonds is 1. The van der Waals surface area contributed by atoms with Crippen LogP contribution in [0.5, 0.6) is 0 Å². The van der Waals surface area contributed by atoms with Crippen LogP contribution < -0.4 is 0 Å². The topological polar surface area (TPSA) is 66.4 Å². The second kappa shape index (κ2) is 3.88. The van der Waals surface area contributed by atoms with Crippen molar-refractivity contribution in [2.45, 2.75) is 70.0 Å². The van der Waals surface area contributed by atoms with Crippen LogP contribution >= 0.6 is 0 Å². The van der Waals surface area contributed by atoms with E-state index in [4.69, 9.17) is 23.7 Å². The van der Waals surface area contributed by atoms with Crippen molar-refractivity contribution in [2.75, 3.05) is 6.61 Å². The molecule has 0 aromatic heterocycles. The number of aliphatic hydroxyl groups excluding tert-OH is 1. The Labute approximate surface area is 106 Å². The quantitative estimate of drug-likeness (QED) is 0.735. The Kier molecular flexibility index (Phi) is 2.75. The number of aliphatic hydroxyl groups is 1. The molecule has 3 fully saturated rings. The van der Waals surface area contributed by atoms with Crippen LogP contribution in [0.25, 0.3) is 0 Å². The summed E-state index contributed by atoms with van der Waals surface area (Å²) in [7, 11) is 0. The molecule has 3 rings (SSSR count). The highest BCUT2D eigenvalue weighted by Crippen LogP contribution is 2.44. The molecule has 0 bridgehead atoms. The number of ether oxygens (including phenoxy) is 5. The molecule has 6 heteroatoms. The molecule has 0 aromatic carbocycles. The lowest BCUT2D eigenvalue weighted by Crippen LogP contribution is -2.56. The van der Waals surface area contributed by atoms with Gasteiger partial charge in [-0.2, -0.15) is 0 Å². The number of hydrogen-bond acceptors (Lipinski definition) is 6. The van der Waals surface area contributed by atoms with Gasteiger partial charge in [-0.3, -0.25) is 0 Å². The van der Waals surface area contributed by atoms with Crippen LogP contribution in [0.2, 0.25) is 0 Å². The van der Waals surface area contributed by atoms with Crippen LogP contribution in [0.4, 0.5) is 0 Å². The summed E-state index contributed by atoms with van der Waals surface area (Å²) in [5.74, 6) is -1.43. The molecule has 0 aromatic rings. The summed E-state index contributed by atoms with van der Waals surface area (Å²) in [6.07, 6.45) is -1.78. The van der Waals surface area contributed by atoms with Gasteiger partial charge in [0.25, 0.3) is 0 Å². The van der Waals surface area contributed by atoms with E-state index >= 15 is 0 Å². The Hall–Kier alpha value is -0.240. The lowest BCUT2D eigenvalue weighted by atomic mass is 10.0. The Morgan fingerprint density at radius 3 is 2.11 bits per heavy atom. The molecule has 0 unspecified atom stereocenters. The van der Waals surface area contributed by atoms with Crippen molar-refractivity contribution in [3.8, 4) is 0 Å². The van der Waals surface area contributed by atoms with Crippen LogP contribution in [0.3, 0.4) is 0 Å². The van der Waals surface area contributed by atoms with Crippen LogP contribution in [0, 0.1) is 0 Å². The average molecular weight is 260 g/mol. The summed E-state index contributed by atoms with van der Waals surface area (Å²) in [6.45, 7) is 7.21. The van der Waals surface area contributed by atoms with Crippen LogP contribution in [-0.2, 0) is 23.7 Å². The smallest absolute Gasteiger partial charge is 0.190 e. The first kappa shape index (κ1) is 12.8. The molecule has 0 aliphatic carbocycles. The third kappa shape index (κ3) is 1.97. The standard InChI is InChI=1S/C12H20O6/c1-11(2)15-6(5-13)7-8(16-11)9-10(14-7)18-12(3,4)17-9/h6-10,13H,5H2,1-4H3/t6-,7+,8-,9+,10+/m0/s1. The minimum absolute atomic E-state index is 0.114. The molecule has 0 spiro atoms. The van der Waals surface area contributed by atoms with Crippen molar-refractivity contribution in [2.24, 2.45) is 0 Å². The normalized spacial score (nSPS) is 48.8. The molecule has 0 amide bonds. The van der Waals surface area contributed by atoms with Gasteiger partial charge < -0.3 is 28.8 Å². The summed E-state index contributed by atoms with van der Waals surface area (Å²) >= 11 is 0. The Bertz CT molecular complexity index is 341. The number of fused-ring (bicyclic) bond motifs is 3. The summed E-state index contributed by atoms with van der Waals surface area (Å²) in [6, 6.07) is 0. The highest BCUT2D eigenvalue weighted by atomic mass is 16.9. The van der Waals surface area contributed by atoms with Gasteiger partial charge in [0, 0.05) is 0 Å². The van der Waals surface area contributed by atoms with Gasteiger partial charge in [0.15, 0.2) is 17.9 Å². The molecule has 0 saturated carbocycles. The molecule has 18 heavy (non-hydrogen) atoms. The van der Waals surface area contributed by atoms with Crippen molar-refractivity contribution in [3.63, 3.8) is 0 Å². The third-order valence-corrected chi connectivity index (χ3v) is 3.43. The summed E-state index contributed by atoms with van der Waals surface area (Å²) < 4.78 is 28.8. The van der Waals surface area contributed by atoms with Gasteiger partial charge in [-0.05, 0) is 27.7 Å². The summed E-state index contributed by atoms with van der Waals surface area (Å²) in [5, 5.41) is 9.39. The molecule has 3 aliphatic heterocycles. The lowest BCUT2D eigenvalue weighted by Gasteiger charge is -2.43. The van der Waals surface area contributed by atoms with Gasteiger partial charge in [-0.25, -0.2) is 0 Å². The monoisotopic (exact) mass is 260 g/mol. The molecule has 3 aliphatic rings. The molecule has 6 nitrogen and oxygen atoms in total. The molecule has 3 heterocycles. The second-order valence-electron chi connectivity index (χ2n) is 5.89. The van der Waals surface area contributed by atoms with Gasteiger partial charge in [-0.15, -0.1) is 0 Å². The van der Waals surface area contributed by atoms with Crippen molar-refractivity contribution in [3.05, 3.63) is 0 Å². The minimum atomic E-state index is -0.761. The van der Waals surface area contributed by atoms with Crippen molar-refractivity contribution in [1.82, 2.24) is 0 Å². The first-order chi connectivity index (χ1) is 8.31. The Balaban J connectivity index is 1.83. The summed E-state index contributed by atoms with van der Waals surface area (Å²) in [5.41, 5.74) is 0. The summed E-state index contributed by atoms with van der Waals surface area (Å²) in [4.78, 5) is 0. The zero-order chi connectivity index (χ0) is 13.1. The van der Waals surface area contributed by atoms with Crippen molar-refractivity contribution in [1.29, 1.82) is 0 Å². The Morgan fingerprint density at radius 2 is 1.44 bits per heavy atom. The molecule has 104 valence electrons. The van der Waals surface area contributed by atoms with Gasteiger partial charge in [-0.1, -0.05) is 0 Å². The second-order valence-corrected chi connectivity index (χ2v) is 5.89. The van der Waals surface area contributed by atoms with E-state index in [0.717, 1.165) is 0 Å². The van der Waals surface area contributed by atoms with Gasteiger partial charge in [0.05, 0.1) is 6.61 Å². The zero-order valence-electron chi connectivity index (χ0n) is 11.1. The fourth-order valence-corrected chi connectivity index (χ4v) is 2.87. The predicted octanol–water partition coefficient (Wildman–Crippen LogP) is 0.375. The highest BCUT2D eigenvalue weighted by molar-refractivity contribution is 5.00. The van der Waals surface area contributed by atoms with E-state index in [-0.39, 0.29) is 24.9 Å². The van der Waals surface area contributed by atoms with E-state index in [1.807, 2.05) is 27.7 Å². The van der Waals surface area contributed by atoms with E-state index in [2.05, 4.69) is 0 Å². The van der Waals surface area contributed by atoms with Gasteiger partial charge in [0.1, 0.15) is 24.4 Å². The van der Waals surface area contributed by atoms with Gasteiger partial charge in [0.2, 0.25) is 0 Å². The van der Waals surface area contributed by atoms with Crippen LogP contribution in [0.1, 0.15) is 27.7 Å². The van der Waals surface area contributed by atoms with E-state index in [0.29, 0.717) is 0 Å². The molecule has 3 saturated heterocycles. The fourth-order valence-electron chi connectivity index (χ4n) is 2.87. The molecular weight excluding hydrogens is 240 g/mol. The minimum Gasteiger partial charge on any atom is -0.394 e. The molecule has 5 atom stereocenters. The van der Waals surface area contributed by atoms with Crippen molar-refractivity contribution < 1.29 is 28.8 Å². The van der Waals surface area contributed by atoms with E-state index in [9.17, 15) is 5.11 Å². The number of hydrogen-bond donors (Lipinski definition) is 1. The van der Waals surface area contributed by atoms with Crippen LogP contribution in [-0.4, -0.2) is 54.0 Å². The van der Waals surface area contributed by atoms with Crippen molar-refractivity contribution >= 4 is 0 Å². The maximum absolute atomic E-state index is 9.39. The first-order valence-corrected chi connectivity index (χ1v) is 6.29. The zero-order valence-corrected chi connectivity index (χ0v) is 11.1. The third-order valence-electron chi connectivity index (χ3n) is 3.43. The molecule has 1 N–H and O–H groups in total. The van der Waals surface area contributed by atoms with E-state index in [1.165, 1.54) is 0 Å². The van der Waals surface area contributed by atoms with Gasteiger partial charge >= 0.3 is 0 Å². The molecular formula is C12H20O6. The largest absolute Gasteiger partial charge is 0.394 e. The predicted molar refractivity (Wildman–Crippen MR) is 59.6 cm³/mol. The maximum Gasteiger partial charge on any atom is 0.190 e.